The molecular weight excluding hydrogens is 330 g/mol. The number of benzene rings is 2. The molecule has 0 heterocycles. The molecule has 1 N–H and O–H groups in total. The Hall–Kier alpha value is -2.53. The summed E-state index contributed by atoms with van der Waals surface area (Å²) in [7, 11) is 1.23. The molecule has 0 aliphatic carbocycles. The van der Waals surface area contributed by atoms with E-state index in [4.69, 9.17) is 14.7 Å². The van der Waals surface area contributed by atoms with E-state index in [0.29, 0.717) is 5.06 Å². The number of amides is 1. The van der Waals surface area contributed by atoms with Crippen molar-refractivity contribution in [1.82, 2.24) is 5.06 Å². The molecule has 2 aromatic rings. The summed E-state index contributed by atoms with van der Waals surface area (Å²) in [5, 5.41) is 9.47. The average Bonchev–Trinajstić information content (AvgIpc) is 2.62. The number of aryl methyl sites for hydroxylation is 1. The van der Waals surface area contributed by atoms with Crippen LogP contribution in [-0.4, -0.2) is 30.0 Å². The van der Waals surface area contributed by atoms with Crippen LogP contribution in [0.4, 0.5) is 4.79 Å². The monoisotopic (exact) mass is 357 g/mol. The lowest BCUT2D eigenvalue weighted by Gasteiger charge is -2.13. The first kappa shape index (κ1) is 19.8. The lowest BCUT2D eigenvalue weighted by atomic mass is 10.0. The molecule has 0 spiro atoms. The van der Waals surface area contributed by atoms with Crippen LogP contribution in [-0.2, 0) is 17.8 Å². The molecule has 2 aromatic carbocycles. The molecule has 0 atom stereocenters. The minimum atomic E-state index is -0.777. The number of unbranched alkanes of at least 4 members (excludes halogenated alkanes) is 1. The highest BCUT2D eigenvalue weighted by Crippen LogP contribution is 2.24. The molecule has 140 valence electrons. The van der Waals surface area contributed by atoms with E-state index in [0.717, 1.165) is 48.3 Å². The summed E-state index contributed by atoms with van der Waals surface area (Å²) in [6.45, 7) is 5.05. The van der Waals surface area contributed by atoms with E-state index in [-0.39, 0.29) is 6.61 Å². The van der Waals surface area contributed by atoms with Crippen molar-refractivity contribution in [2.45, 2.75) is 39.7 Å². The highest BCUT2D eigenvalue weighted by atomic mass is 16.6. The fourth-order valence-corrected chi connectivity index (χ4v) is 2.60. The number of nitrogens with zero attached hydrogens (tertiary/aromatic N) is 1. The maximum absolute atomic E-state index is 11.3. The van der Waals surface area contributed by atoms with Crippen molar-refractivity contribution in [2.75, 3.05) is 13.7 Å². The molecule has 26 heavy (non-hydrogen) atoms. The Kier molecular flexibility index (Phi) is 7.48. The van der Waals surface area contributed by atoms with Crippen molar-refractivity contribution in [1.29, 1.82) is 0 Å². The van der Waals surface area contributed by atoms with Gasteiger partial charge in [-0.3, -0.25) is 5.21 Å². The highest BCUT2D eigenvalue weighted by molar-refractivity contribution is 5.65. The molecule has 0 aliphatic heterocycles. The van der Waals surface area contributed by atoms with Gasteiger partial charge in [0, 0.05) is 13.5 Å². The zero-order valence-electron chi connectivity index (χ0n) is 15.7. The molecule has 5 nitrogen and oxygen atoms in total. The summed E-state index contributed by atoms with van der Waals surface area (Å²) >= 11 is 0. The molecule has 0 saturated heterocycles. The van der Waals surface area contributed by atoms with Gasteiger partial charge < -0.3 is 9.47 Å². The molecule has 0 aromatic heterocycles. The Morgan fingerprint density at radius 1 is 1.15 bits per heavy atom. The van der Waals surface area contributed by atoms with Gasteiger partial charge in [0.15, 0.2) is 0 Å². The van der Waals surface area contributed by atoms with Crippen molar-refractivity contribution in [3.8, 4) is 5.75 Å². The minimum absolute atomic E-state index is 0.116. The van der Waals surface area contributed by atoms with E-state index in [1.807, 2.05) is 30.3 Å². The third kappa shape index (κ3) is 6.08. The Bertz CT molecular complexity index is 728. The number of hydrogen-bond donors (Lipinski definition) is 1. The Balaban J connectivity index is 2.09. The van der Waals surface area contributed by atoms with E-state index in [9.17, 15) is 4.79 Å². The van der Waals surface area contributed by atoms with Crippen molar-refractivity contribution < 1.29 is 19.5 Å². The third-order valence-electron chi connectivity index (χ3n) is 3.98. The van der Waals surface area contributed by atoms with Gasteiger partial charge in [-0.2, -0.15) is 5.06 Å². The van der Waals surface area contributed by atoms with Gasteiger partial charge >= 0.3 is 6.09 Å². The van der Waals surface area contributed by atoms with Gasteiger partial charge in [0.25, 0.3) is 0 Å². The number of carbonyl (C=O) groups is 1. The van der Waals surface area contributed by atoms with Crippen LogP contribution in [0.2, 0.25) is 0 Å². The number of ether oxygens (including phenoxy) is 2. The molecule has 0 saturated carbocycles. The molecular formula is C21H27NO4. The molecule has 0 unspecified atom stereocenters. The predicted molar refractivity (Wildman–Crippen MR) is 101 cm³/mol. The maximum Gasteiger partial charge on any atom is 0.433 e. The second-order valence-electron chi connectivity index (χ2n) is 6.39. The van der Waals surface area contributed by atoms with Crippen LogP contribution in [0.3, 0.4) is 0 Å². The van der Waals surface area contributed by atoms with Crippen LogP contribution in [0.5, 0.6) is 5.75 Å². The molecule has 0 aliphatic rings. The zero-order valence-corrected chi connectivity index (χ0v) is 15.7. The van der Waals surface area contributed by atoms with Gasteiger partial charge in [0.2, 0.25) is 0 Å². The van der Waals surface area contributed by atoms with Crippen molar-refractivity contribution in [2.24, 2.45) is 0 Å². The van der Waals surface area contributed by atoms with Crippen LogP contribution < -0.4 is 4.74 Å². The summed E-state index contributed by atoms with van der Waals surface area (Å²) < 4.78 is 11.0. The van der Waals surface area contributed by atoms with Gasteiger partial charge in [-0.15, -0.1) is 0 Å². The molecule has 2 rings (SSSR count). The quantitative estimate of drug-likeness (QED) is 0.422. The van der Waals surface area contributed by atoms with Crippen LogP contribution in [0, 0.1) is 6.92 Å². The number of carbonyl (C=O) groups excluding carboxylic acids is 1. The lowest BCUT2D eigenvalue weighted by molar-refractivity contribution is -0.0551. The van der Waals surface area contributed by atoms with Gasteiger partial charge in [-0.1, -0.05) is 55.3 Å². The minimum Gasteiger partial charge on any atom is -0.493 e. The molecule has 1 amide bonds. The van der Waals surface area contributed by atoms with Gasteiger partial charge in [-0.25, -0.2) is 4.79 Å². The summed E-state index contributed by atoms with van der Waals surface area (Å²) in [6.07, 6.45) is 2.10. The topological polar surface area (TPSA) is 59.0 Å². The van der Waals surface area contributed by atoms with E-state index in [1.54, 1.807) is 0 Å². The third-order valence-corrected chi connectivity index (χ3v) is 3.98. The Morgan fingerprint density at radius 2 is 1.92 bits per heavy atom. The smallest absolute Gasteiger partial charge is 0.433 e. The van der Waals surface area contributed by atoms with Crippen molar-refractivity contribution in [3.63, 3.8) is 0 Å². The van der Waals surface area contributed by atoms with Crippen molar-refractivity contribution in [3.05, 3.63) is 64.7 Å². The summed E-state index contributed by atoms with van der Waals surface area (Å²) in [5.74, 6) is 0.919. The number of hydrogen-bond acceptors (Lipinski definition) is 4. The normalized spacial score (nSPS) is 10.5. The van der Waals surface area contributed by atoms with Gasteiger partial charge in [0.05, 0.1) is 6.61 Å². The van der Waals surface area contributed by atoms with Gasteiger partial charge in [-0.05, 0) is 36.1 Å². The first-order valence-electron chi connectivity index (χ1n) is 8.89. The molecule has 0 fully saturated rings. The standard InChI is InChI=1S/C21H27NO4/c1-4-5-11-25-20-10-9-16(2)12-19(20)14-17-7-6-8-18(13-17)15-26-21(23)22(3)24/h6-10,12-13,24H,4-5,11,14-15H2,1-3H3. The van der Waals surface area contributed by atoms with Crippen molar-refractivity contribution >= 4 is 6.09 Å². The zero-order chi connectivity index (χ0) is 18.9. The molecule has 5 heteroatoms. The van der Waals surface area contributed by atoms with Crippen LogP contribution in [0.25, 0.3) is 0 Å². The molecule has 0 radical (unpaired) electrons. The second-order valence-corrected chi connectivity index (χ2v) is 6.39. The van der Waals surface area contributed by atoms with E-state index < -0.39 is 6.09 Å². The largest absolute Gasteiger partial charge is 0.493 e. The van der Waals surface area contributed by atoms with Gasteiger partial charge in [0.1, 0.15) is 12.4 Å². The molecule has 0 bridgehead atoms. The first-order chi connectivity index (χ1) is 12.5. The summed E-state index contributed by atoms with van der Waals surface area (Å²) in [6, 6.07) is 14.1. The first-order valence-corrected chi connectivity index (χ1v) is 8.89. The predicted octanol–water partition coefficient (Wildman–Crippen LogP) is 4.72. The Morgan fingerprint density at radius 3 is 2.65 bits per heavy atom. The summed E-state index contributed by atoms with van der Waals surface area (Å²) in [5.41, 5.74) is 4.32. The lowest BCUT2D eigenvalue weighted by Crippen LogP contribution is -2.23. The Labute approximate surface area is 155 Å². The van der Waals surface area contributed by atoms with Crippen LogP contribution in [0.1, 0.15) is 42.0 Å². The average molecular weight is 357 g/mol. The fraction of sp³-hybridized carbons (Fsp3) is 0.381. The van der Waals surface area contributed by atoms with Crippen LogP contribution >= 0.6 is 0 Å². The summed E-state index contributed by atoms with van der Waals surface area (Å²) in [4.78, 5) is 11.3. The number of rotatable bonds is 8. The maximum atomic E-state index is 11.3. The van der Waals surface area contributed by atoms with E-state index in [1.165, 1.54) is 12.6 Å². The SMILES string of the molecule is CCCCOc1ccc(C)cc1Cc1cccc(COC(=O)N(C)O)c1. The second kappa shape index (κ2) is 9.82. The van der Waals surface area contributed by atoms with Crippen LogP contribution in [0.15, 0.2) is 42.5 Å². The fourth-order valence-electron chi connectivity index (χ4n) is 2.60. The number of hydroxylamine groups is 2. The van der Waals surface area contributed by atoms with E-state index >= 15 is 0 Å². The highest BCUT2D eigenvalue weighted by Gasteiger charge is 2.09. The van der Waals surface area contributed by atoms with E-state index in [2.05, 4.69) is 26.0 Å².